The van der Waals surface area contributed by atoms with E-state index in [-0.39, 0.29) is 11.8 Å². The Hall–Kier alpha value is -2.31. The third-order valence-corrected chi connectivity index (χ3v) is 5.01. The molecule has 27 heavy (non-hydrogen) atoms. The fourth-order valence-electron chi connectivity index (χ4n) is 3.10. The number of piperazine rings is 1. The van der Waals surface area contributed by atoms with E-state index in [0.717, 1.165) is 25.2 Å². The first-order valence-electron chi connectivity index (χ1n) is 8.92. The second-order valence-corrected chi connectivity index (χ2v) is 6.86. The molecule has 1 heterocycles. The Morgan fingerprint density at radius 3 is 2.59 bits per heavy atom. The van der Waals surface area contributed by atoms with E-state index in [0.29, 0.717) is 36.0 Å². The number of ether oxygens (including phenoxy) is 1. The van der Waals surface area contributed by atoms with Crippen LogP contribution in [0.1, 0.15) is 5.56 Å². The van der Waals surface area contributed by atoms with Crippen molar-refractivity contribution < 1.29 is 13.9 Å². The lowest BCUT2D eigenvalue weighted by Gasteiger charge is -2.34. The molecule has 0 aliphatic carbocycles. The van der Waals surface area contributed by atoms with Gasteiger partial charge in [0.15, 0.2) is 0 Å². The molecule has 7 heteroatoms. The number of hydrogen-bond acceptors (Lipinski definition) is 3. The summed E-state index contributed by atoms with van der Waals surface area (Å²) >= 11 is 6.09. The van der Waals surface area contributed by atoms with Crippen molar-refractivity contribution in [2.24, 2.45) is 0 Å². The van der Waals surface area contributed by atoms with Gasteiger partial charge in [-0.1, -0.05) is 29.8 Å². The maximum absolute atomic E-state index is 13.7. The van der Waals surface area contributed by atoms with Crippen molar-refractivity contribution >= 4 is 23.3 Å². The van der Waals surface area contributed by atoms with Crippen LogP contribution in [0.4, 0.5) is 14.9 Å². The second kappa shape index (κ2) is 9.06. The molecular weight excluding hydrogens is 369 g/mol. The van der Waals surface area contributed by atoms with E-state index >= 15 is 0 Å². The van der Waals surface area contributed by atoms with Gasteiger partial charge in [0, 0.05) is 38.4 Å². The molecule has 1 aliphatic rings. The molecule has 144 valence electrons. The molecule has 5 nitrogen and oxygen atoms in total. The third kappa shape index (κ3) is 5.11. The van der Waals surface area contributed by atoms with Gasteiger partial charge in [0.05, 0.1) is 12.1 Å². The average molecular weight is 392 g/mol. The minimum Gasteiger partial charge on any atom is -0.495 e. The van der Waals surface area contributed by atoms with Crippen LogP contribution in [-0.4, -0.2) is 55.7 Å². The van der Waals surface area contributed by atoms with Crippen molar-refractivity contribution in [3.05, 3.63) is 58.9 Å². The van der Waals surface area contributed by atoms with Crippen molar-refractivity contribution in [2.45, 2.75) is 6.42 Å². The van der Waals surface area contributed by atoms with Crippen LogP contribution in [0.15, 0.2) is 42.5 Å². The van der Waals surface area contributed by atoms with Gasteiger partial charge >= 0.3 is 6.03 Å². The molecule has 2 aromatic rings. The minimum atomic E-state index is -0.159. The summed E-state index contributed by atoms with van der Waals surface area (Å²) in [6.45, 7) is 3.58. The predicted molar refractivity (Wildman–Crippen MR) is 105 cm³/mol. The predicted octanol–water partition coefficient (Wildman–Crippen LogP) is 3.88. The van der Waals surface area contributed by atoms with Crippen LogP contribution in [0.5, 0.6) is 5.75 Å². The molecule has 2 amide bonds. The zero-order valence-corrected chi connectivity index (χ0v) is 16.0. The van der Waals surface area contributed by atoms with Crippen LogP contribution in [0.3, 0.4) is 0 Å². The van der Waals surface area contributed by atoms with Crippen molar-refractivity contribution in [2.75, 3.05) is 45.2 Å². The van der Waals surface area contributed by atoms with Crippen molar-refractivity contribution in [1.29, 1.82) is 0 Å². The standard InChI is InChI=1S/C20H23ClFN3O2/c1-27-19-7-6-16(14-17(19)21)23-20(26)25-12-10-24(11-13-25)9-8-15-4-2-3-5-18(15)22/h2-7,14H,8-13H2,1H3,(H,23,26). The molecule has 3 rings (SSSR count). The number of methoxy groups -OCH3 is 1. The molecule has 0 radical (unpaired) electrons. The minimum absolute atomic E-state index is 0.148. The number of amides is 2. The Morgan fingerprint density at radius 1 is 1.19 bits per heavy atom. The summed E-state index contributed by atoms with van der Waals surface area (Å²) in [5.41, 5.74) is 1.36. The van der Waals surface area contributed by atoms with E-state index in [9.17, 15) is 9.18 Å². The number of carbonyl (C=O) groups excluding carboxylic acids is 1. The Bertz CT molecular complexity index is 795. The Labute approximate surface area is 163 Å². The number of anilines is 1. The maximum Gasteiger partial charge on any atom is 0.321 e. The summed E-state index contributed by atoms with van der Waals surface area (Å²) in [7, 11) is 1.55. The average Bonchev–Trinajstić information content (AvgIpc) is 2.68. The number of halogens is 2. The van der Waals surface area contributed by atoms with Crippen LogP contribution in [0, 0.1) is 5.82 Å². The number of rotatable bonds is 5. The fraction of sp³-hybridized carbons (Fsp3) is 0.350. The summed E-state index contributed by atoms with van der Waals surface area (Å²) in [6.07, 6.45) is 0.670. The number of benzene rings is 2. The van der Waals surface area contributed by atoms with Crippen molar-refractivity contribution in [3.63, 3.8) is 0 Å². The van der Waals surface area contributed by atoms with Gasteiger partial charge < -0.3 is 15.0 Å². The molecule has 0 spiro atoms. The van der Waals surface area contributed by atoms with Gasteiger partial charge in [-0.2, -0.15) is 0 Å². The van der Waals surface area contributed by atoms with E-state index < -0.39 is 0 Å². The number of urea groups is 1. The molecule has 2 aromatic carbocycles. The first-order valence-corrected chi connectivity index (χ1v) is 9.30. The fourth-order valence-corrected chi connectivity index (χ4v) is 3.36. The highest BCUT2D eigenvalue weighted by molar-refractivity contribution is 6.32. The quantitative estimate of drug-likeness (QED) is 0.841. The highest BCUT2D eigenvalue weighted by Crippen LogP contribution is 2.27. The zero-order valence-electron chi connectivity index (χ0n) is 15.3. The lowest BCUT2D eigenvalue weighted by atomic mass is 10.1. The Balaban J connectivity index is 1.46. The van der Waals surface area contributed by atoms with E-state index in [1.165, 1.54) is 6.07 Å². The van der Waals surface area contributed by atoms with Gasteiger partial charge in [-0.25, -0.2) is 9.18 Å². The van der Waals surface area contributed by atoms with Gasteiger partial charge in [-0.3, -0.25) is 4.90 Å². The van der Waals surface area contributed by atoms with E-state index in [1.54, 1.807) is 36.3 Å². The van der Waals surface area contributed by atoms with Gasteiger partial charge in [0.1, 0.15) is 11.6 Å². The number of hydrogen-bond donors (Lipinski definition) is 1. The van der Waals surface area contributed by atoms with Crippen LogP contribution >= 0.6 is 11.6 Å². The highest BCUT2D eigenvalue weighted by Gasteiger charge is 2.21. The third-order valence-electron chi connectivity index (χ3n) is 4.72. The molecule has 1 aliphatic heterocycles. The molecule has 0 unspecified atom stereocenters. The first-order chi connectivity index (χ1) is 13.1. The molecule has 0 bridgehead atoms. The van der Waals surface area contributed by atoms with Gasteiger partial charge in [0.2, 0.25) is 0 Å². The molecule has 0 aromatic heterocycles. The molecule has 1 N–H and O–H groups in total. The monoisotopic (exact) mass is 391 g/mol. The maximum atomic E-state index is 13.7. The number of nitrogens with zero attached hydrogens (tertiary/aromatic N) is 2. The Morgan fingerprint density at radius 2 is 1.93 bits per heavy atom. The topological polar surface area (TPSA) is 44.8 Å². The second-order valence-electron chi connectivity index (χ2n) is 6.45. The molecule has 1 saturated heterocycles. The van der Waals surface area contributed by atoms with Crippen LogP contribution in [0.2, 0.25) is 5.02 Å². The normalized spacial score (nSPS) is 14.9. The lowest BCUT2D eigenvalue weighted by molar-refractivity contribution is 0.148. The Kier molecular flexibility index (Phi) is 6.53. The summed E-state index contributed by atoms with van der Waals surface area (Å²) in [4.78, 5) is 16.5. The zero-order chi connectivity index (χ0) is 19.2. The number of carbonyl (C=O) groups is 1. The van der Waals surface area contributed by atoms with E-state index in [2.05, 4.69) is 10.2 Å². The molecule has 0 saturated carbocycles. The van der Waals surface area contributed by atoms with Gasteiger partial charge in [-0.15, -0.1) is 0 Å². The van der Waals surface area contributed by atoms with Crippen LogP contribution in [0.25, 0.3) is 0 Å². The smallest absolute Gasteiger partial charge is 0.321 e. The van der Waals surface area contributed by atoms with E-state index in [1.807, 2.05) is 12.1 Å². The van der Waals surface area contributed by atoms with Gasteiger partial charge in [0.25, 0.3) is 0 Å². The molecule has 0 atom stereocenters. The summed E-state index contributed by atoms with van der Waals surface area (Å²) in [6, 6.07) is 11.9. The SMILES string of the molecule is COc1ccc(NC(=O)N2CCN(CCc3ccccc3F)CC2)cc1Cl. The molecule has 1 fully saturated rings. The summed E-state index contributed by atoms with van der Waals surface area (Å²) in [5, 5.41) is 3.31. The van der Waals surface area contributed by atoms with Gasteiger partial charge in [-0.05, 0) is 36.2 Å². The van der Waals surface area contributed by atoms with Crippen LogP contribution in [-0.2, 0) is 6.42 Å². The first kappa shape index (κ1) is 19.5. The largest absolute Gasteiger partial charge is 0.495 e. The summed E-state index contributed by atoms with van der Waals surface area (Å²) < 4.78 is 18.8. The van der Waals surface area contributed by atoms with Crippen molar-refractivity contribution in [1.82, 2.24) is 9.80 Å². The van der Waals surface area contributed by atoms with Crippen molar-refractivity contribution in [3.8, 4) is 5.75 Å². The summed E-state index contributed by atoms with van der Waals surface area (Å²) in [5.74, 6) is 0.409. The highest BCUT2D eigenvalue weighted by atomic mass is 35.5. The van der Waals surface area contributed by atoms with Crippen LogP contribution < -0.4 is 10.1 Å². The number of nitrogens with one attached hydrogen (secondary N) is 1. The lowest BCUT2D eigenvalue weighted by Crippen LogP contribution is -2.50. The van der Waals surface area contributed by atoms with E-state index in [4.69, 9.17) is 16.3 Å². The molecular formula is C20H23ClFN3O2.